The third-order valence-corrected chi connectivity index (χ3v) is 3.14. The first kappa shape index (κ1) is 12.0. The van der Waals surface area contributed by atoms with E-state index in [0.717, 1.165) is 4.88 Å². The van der Waals surface area contributed by atoms with Gasteiger partial charge in [0.15, 0.2) is 11.6 Å². The van der Waals surface area contributed by atoms with Crippen LogP contribution in [0.1, 0.15) is 10.4 Å². The van der Waals surface area contributed by atoms with Gasteiger partial charge < -0.3 is 10.1 Å². The summed E-state index contributed by atoms with van der Waals surface area (Å²) in [4.78, 5) is 5.11. The number of hydrogen-bond donors (Lipinski definition) is 1. The van der Waals surface area contributed by atoms with Gasteiger partial charge in [-0.3, -0.25) is 4.98 Å². The number of methoxy groups -OCH3 is 1. The summed E-state index contributed by atoms with van der Waals surface area (Å²) in [6.45, 7) is 1.17. The zero-order valence-corrected chi connectivity index (χ0v) is 10.3. The fourth-order valence-corrected chi connectivity index (χ4v) is 2.06. The Kier molecular flexibility index (Phi) is 4.06. The van der Waals surface area contributed by atoms with Gasteiger partial charge in [0.05, 0.1) is 12.6 Å². The predicted octanol–water partition coefficient (Wildman–Crippen LogP) is 2.58. The third kappa shape index (κ3) is 3.01. The Morgan fingerprint density at radius 1 is 1.41 bits per heavy atom. The molecule has 90 valence electrons. The van der Waals surface area contributed by atoms with Crippen molar-refractivity contribution in [1.29, 1.82) is 0 Å². The van der Waals surface area contributed by atoms with Crippen molar-refractivity contribution in [3.63, 3.8) is 0 Å². The molecule has 1 aromatic carbocycles. The van der Waals surface area contributed by atoms with Crippen molar-refractivity contribution in [1.82, 2.24) is 10.3 Å². The Bertz CT molecular complexity index is 473. The lowest BCUT2D eigenvalue weighted by Crippen LogP contribution is -2.13. The fourth-order valence-electron chi connectivity index (χ4n) is 1.50. The van der Waals surface area contributed by atoms with Gasteiger partial charge in [0.25, 0.3) is 0 Å². The molecule has 2 aromatic rings. The number of thiazole rings is 1. The molecular weight excluding hydrogens is 239 g/mol. The maximum absolute atomic E-state index is 13.8. The normalized spacial score (nSPS) is 10.5. The molecule has 0 aliphatic carbocycles. The number of halogens is 1. The highest BCUT2D eigenvalue weighted by atomic mass is 32.1. The number of nitrogens with zero attached hydrogens (tertiary/aromatic N) is 1. The smallest absolute Gasteiger partial charge is 0.169 e. The zero-order valence-electron chi connectivity index (χ0n) is 9.44. The minimum Gasteiger partial charge on any atom is -0.494 e. The fraction of sp³-hybridized carbons (Fsp3) is 0.250. The van der Waals surface area contributed by atoms with E-state index in [0.29, 0.717) is 18.7 Å². The minimum atomic E-state index is -0.299. The monoisotopic (exact) mass is 252 g/mol. The van der Waals surface area contributed by atoms with Gasteiger partial charge in [-0.2, -0.15) is 0 Å². The number of nitrogens with one attached hydrogen (secondary N) is 1. The molecule has 0 spiro atoms. The van der Waals surface area contributed by atoms with Crippen LogP contribution in [0.25, 0.3) is 0 Å². The van der Waals surface area contributed by atoms with Crippen LogP contribution in [0.4, 0.5) is 4.39 Å². The summed E-state index contributed by atoms with van der Waals surface area (Å²) in [5.41, 5.74) is 2.39. The summed E-state index contributed by atoms with van der Waals surface area (Å²) in [6.07, 6.45) is 1.81. The zero-order chi connectivity index (χ0) is 12.1. The van der Waals surface area contributed by atoms with E-state index in [1.54, 1.807) is 41.2 Å². The Morgan fingerprint density at radius 2 is 2.29 bits per heavy atom. The van der Waals surface area contributed by atoms with Crippen LogP contribution in [0.5, 0.6) is 5.75 Å². The van der Waals surface area contributed by atoms with E-state index in [2.05, 4.69) is 10.3 Å². The highest BCUT2D eigenvalue weighted by molar-refractivity contribution is 7.09. The van der Waals surface area contributed by atoms with Gasteiger partial charge in [0, 0.05) is 29.7 Å². The molecule has 0 aliphatic heterocycles. The second-order valence-corrected chi connectivity index (χ2v) is 4.48. The topological polar surface area (TPSA) is 34.1 Å². The van der Waals surface area contributed by atoms with Crippen molar-refractivity contribution in [2.45, 2.75) is 13.1 Å². The lowest BCUT2D eigenvalue weighted by atomic mass is 10.2. The second kappa shape index (κ2) is 5.75. The number of aromatic nitrogens is 1. The number of rotatable bonds is 5. The molecule has 1 aromatic heterocycles. The van der Waals surface area contributed by atoms with Crippen LogP contribution >= 0.6 is 11.3 Å². The maximum Gasteiger partial charge on any atom is 0.169 e. The quantitative estimate of drug-likeness (QED) is 0.888. The first-order chi connectivity index (χ1) is 8.31. The predicted molar refractivity (Wildman–Crippen MR) is 65.6 cm³/mol. The van der Waals surface area contributed by atoms with Gasteiger partial charge in [-0.05, 0) is 6.07 Å². The molecule has 0 bridgehead atoms. The van der Waals surface area contributed by atoms with E-state index in [-0.39, 0.29) is 11.6 Å². The molecule has 0 amide bonds. The minimum absolute atomic E-state index is 0.280. The average molecular weight is 252 g/mol. The first-order valence-corrected chi connectivity index (χ1v) is 6.08. The molecule has 17 heavy (non-hydrogen) atoms. The van der Waals surface area contributed by atoms with Crippen molar-refractivity contribution in [2.75, 3.05) is 7.11 Å². The molecule has 0 saturated heterocycles. The molecule has 0 saturated carbocycles. The summed E-state index contributed by atoms with van der Waals surface area (Å²) in [5, 5.41) is 3.17. The Labute approximate surface area is 103 Å². The summed E-state index contributed by atoms with van der Waals surface area (Å²) in [6, 6.07) is 5.14. The number of hydrogen-bond acceptors (Lipinski definition) is 4. The Morgan fingerprint density at radius 3 is 3.00 bits per heavy atom. The summed E-state index contributed by atoms with van der Waals surface area (Å²) < 4.78 is 18.7. The molecule has 5 heteroatoms. The van der Waals surface area contributed by atoms with E-state index < -0.39 is 0 Å². The van der Waals surface area contributed by atoms with Crippen molar-refractivity contribution in [3.8, 4) is 5.75 Å². The highest BCUT2D eigenvalue weighted by Gasteiger charge is 2.07. The molecule has 3 nitrogen and oxygen atoms in total. The standard InChI is InChI=1S/C12H13FN2OS/c1-16-11-4-2-3-9(12(11)13)5-14-6-10-7-15-8-17-10/h2-4,7-8,14H,5-6H2,1H3. The molecule has 2 rings (SSSR count). The second-order valence-electron chi connectivity index (χ2n) is 3.50. The molecule has 1 N–H and O–H groups in total. The van der Waals surface area contributed by atoms with Crippen LogP contribution in [-0.4, -0.2) is 12.1 Å². The van der Waals surface area contributed by atoms with E-state index in [9.17, 15) is 4.39 Å². The SMILES string of the molecule is COc1cccc(CNCc2cncs2)c1F. The maximum atomic E-state index is 13.8. The molecular formula is C12H13FN2OS. The van der Waals surface area contributed by atoms with Gasteiger partial charge in [-0.15, -0.1) is 11.3 Å². The van der Waals surface area contributed by atoms with Gasteiger partial charge >= 0.3 is 0 Å². The van der Waals surface area contributed by atoms with Crippen molar-refractivity contribution >= 4 is 11.3 Å². The lowest BCUT2D eigenvalue weighted by molar-refractivity contribution is 0.383. The Balaban J connectivity index is 1.95. The van der Waals surface area contributed by atoms with Crippen LogP contribution in [-0.2, 0) is 13.1 Å². The third-order valence-electron chi connectivity index (χ3n) is 2.36. The van der Waals surface area contributed by atoms with Crippen LogP contribution < -0.4 is 10.1 Å². The van der Waals surface area contributed by atoms with Crippen LogP contribution in [0.2, 0.25) is 0 Å². The molecule has 1 heterocycles. The van der Waals surface area contributed by atoms with Crippen LogP contribution in [0.15, 0.2) is 29.9 Å². The highest BCUT2D eigenvalue weighted by Crippen LogP contribution is 2.19. The van der Waals surface area contributed by atoms with Crippen molar-refractivity contribution in [2.24, 2.45) is 0 Å². The van der Waals surface area contributed by atoms with Gasteiger partial charge in [0.2, 0.25) is 0 Å². The van der Waals surface area contributed by atoms with E-state index in [1.165, 1.54) is 7.11 Å². The molecule has 0 atom stereocenters. The van der Waals surface area contributed by atoms with Crippen LogP contribution in [0, 0.1) is 5.82 Å². The van der Waals surface area contributed by atoms with E-state index >= 15 is 0 Å². The summed E-state index contributed by atoms with van der Waals surface area (Å²) in [5.74, 6) is -0.0195. The number of ether oxygens (including phenoxy) is 1. The van der Waals surface area contributed by atoms with Gasteiger partial charge in [0.1, 0.15) is 0 Å². The van der Waals surface area contributed by atoms with E-state index in [4.69, 9.17) is 4.74 Å². The Hall–Kier alpha value is -1.46. The van der Waals surface area contributed by atoms with Crippen molar-refractivity contribution < 1.29 is 9.13 Å². The van der Waals surface area contributed by atoms with Gasteiger partial charge in [-0.1, -0.05) is 12.1 Å². The summed E-state index contributed by atoms with van der Waals surface area (Å²) in [7, 11) is 1.47. The molecule has 0 aliphatic rings. The molecule has 0 unspecified atom stereocenters. The first-order valence-electron chi connectivity index (χ1n) is 5.20. The van der Waals surface area contributed by atoms with Crippen molar-refractivity contribution in [3.05, 3.63) is 46.2 Å². The number of benzene rings is 1. The molecule has 0 radical (unpaired) electrons. The van der Waals surface area contributed by atoms with Gasteiger partial charge in [-0.25, -0.2) is 4.39 Å². The lowest BCUT2D eigenvalue weighted by Gasteiger charge is -2.07. The van der Waals surface area contributed by atoms with Crippen LogP contribution in [0.3, 0.4) is 0 Å². The average Bonchev–Trinajstić information content (AvgIpc) is 2.84. The largest absolute Gasteiger partial charge is 0.494 e. The molecule has 0 fully saturated rings. The van der Waals surface area contributed by atoms with E-state index in [1.807, 2.05) is 0 Å². The summed E-state index contributed by atoms with van der Waals surface area (Å²) >= 11 is 1.58.